The molecule has 0 bridgehead atoms. The van der Waals surface area contributed by atoms with E-state index in [0.29, 0.717) is 12.6 Å². The van der Waals surface area contributed by atoms with Crippen molar-refractivity contribution >= 4 is 5.91 Å². The van der Waals surface area contributed by atoms with Crippen molar-refractivity contribution in [2.75, 3.05) is 13.1 Å². The Morgan fingerprint density at radius 1 is 1.44 bits per heavy atom. The zero-order chi connectivity index (χ0) is 13.3. The summed E-state index contributed by atoms with van der Waals surface area (Å²) in [4.78, 5) is 14.3. The average Bonchev–Trinajstić information content (AvgIpc) is 2.70. The van der Waals surface area contributed by atoms with Crippen molar-refractivity contribution in [3.63, 3.8) is 0 Å². The van der Waals surface area contributed by atoms with E-state index in [1.165, 1.54) is 0 Å². The van der Waals surface area contributed by atoms with Crippen LogP contribution in [0.2, 0.25) is 0 Å². The van der Waals surface area contributed by atoms with Gasteiger partial charge in [0, 0.05) is 37.6 Å². The average molecular weight is 249 g/mol. The van der Waals surface area contributed by atoms with Crippen LogP contribution in [0.5, 0.6) is 0 Å². The molecule has 1 aliphatic rings. The summed E-state index contributed by atoms with van der Waals surface area (Å²) in [5, 5.41) is 0. The van der Waals surface area contributed by atoms with Crippen LogP contribution in [0.25, 0.3) is 0 Å². The Morgan fingerprint density at radius 3 is 2.72 bits per heavy atom. The van der Waals surface area contributed by atoms with Crippen molar-refractivity contribution in [1.29, 1.82) is 0 Å². The van der Waals surface area contributed by atoms with Gasteiger partial charge in [-0.2, -0.15) is 0 Å². The topological polar surface area (TPSA) is 51.3 Å². The quantitative estimate of drug-likeness (QED) is 0.871. The maximum Gasteiger partial charge on any atom is 0.255 e. The third-order valence-corrected chi connectivity index (χ3v) is 3.62. The number of amides is 1. The fourth-order valence-electron chi connectivity index (χ4n) is 2.47. The molecule has 1 saturated heterocycles. The van der Waals surface area contributed by atoms with Gasteiger partial charge in [0.15, 0.2) is 0 Å². The van der Waals surface area contributed by atoms with Crippen LogP contribution in [-0.4, -0.2) is 34.5 Å². The van der Waals surface area contributed by atoms with Crippen molar-refractivity contribution < 1.29 is 4.79 Å². The van der Waals surface area contributed by atoms with E-state index in [0.717, 1.165) is 30.5 Å². The Morgan fingerprint density at radius 2 is 2.17 bits per heavy atom. The largest absolute Gasteiger partial charge is 0.351 e. The lowest BCUT2D eigenvalue weighted by atomic mass is 10.1. The molecule has 0 aliphatic carbocycles. The van der Waals surface area contributed by atoms with Gasteiger partial charge in [0.05, 0.1) is 5.56 Å². The summed E-state index contributed by atoms with van der Waals surface area (Å²) in [6.45, 7) is 7.75. The zero-order valence-corrected chi connectivity index (χ0v) is 11.5. The lowest BCUT2D eigenvalue weighted by molar-refractivity contribution is 0.0708. The molecule has 2 rings (SSSR count). The number of rotatable bonds is 2. The highest BCUT2D eigenvalue weighted by Gasteiger charge is 2.24. The highest BCUT2D eigenvalue weighted by Crippen LogP contribution is 2.18. The molecule has 100 valence electrons. The highest BCUT2D eigenvalue weighted by molar-refractivity contribution is 5.95. The maximum atomic E-state index is 12.5. The van der Waals surface area contributed by atoms with E-state index in [-0.39, 0.29) is 11.9 Å². The zero-order valence-electron chi connectivity index (χ0n) is 11.5. The Bertz CT molecular complexity index is 436. The number of likely N-dealkylation sites (tertiary alicyclic amines) is 1. The molecule has 1 unspecified atom stereocenters. The minimum atomic E-state index is 0.127. The lowest BCUT2D eigenvalue weighted by Crippen LogP contribution is -2.45. The molecule has 1 aromatic rings. The third kappa shape index (κ3) is 2.58. The summed E-state index contributed by atoms with van der Waals surface area (Å²) >= 11 is 0. The summed E-state index contributed by atoms with van der Waals surface area (Å²) in [6.07, 6.45) is 6.04. The molecule has 1 fully saturated rings. The lowest BCUT2D eigenvalue weighted by Gasteiger charge is -2.30. The van der Waals surface area contributed by atoms with Crippen LogP contribution in [-0.2, 0) is 0 Å². The number of nitrogens with zero attached hydrogens (tertiary/aromatic N) is 2. The maximum absolute atomic E-state index is 12.5. The number of nitrogens with two attached hydrogens (primary N) is 1. The number of aromatic nitrogens is 1. The summed E-state index contributed by atoms with van der Waals surface area (Å²) in [5.74, 6) is 0.127. The summed E-state index contributed by atoms with van der Waals surface area (Å²) in [7, 11) is 0. The molecule has 2 N–H and O–H groups in total. The minimum Gasteiger partial charge on any atom is -0.351 e. The molecule has 1 amide bonds. The van der Waals surface area contributed by atoms with Crippen LogP contribution in [0.3, 0.4) is 0 Å². The van der Waals surface area contributed by atoms with E-state index < -0.39 is 0 Å². The van der Waals surface area contributed by atoms with Gasteiger partial charge in [-0.15, -0.1) is 0 Å². The van der Waals surface area contributed by atoms with Crippen molar-refractivity contribution in [3.05, 3.63) is 23.5 Å². The molecule has 0 spiro atoms. The van der Waals surface area contributed by atoms with Gasteiger partial charge < -0.3 is 15.2 Å². The molecule has 1 aromatic heterocycles. The van der Waals surface area contributed by atoms with Gasteiger partial charge in [0.2, 0.25) is 0 Å². The molecule has 4 heteroatoms. The molecular formula is C14H23N3O. The molecule has 18 heavy (non-hydrogen) atoms. The van der Waals surface area contributed by atoms with E-state index in [2.05, 4.69) is 18.4 Å². The molecule has 0 radical (unpaired) electrons. The molecule has 4 nitrogen and oxygen atoms in total. The van der Waals surface area contributed by atoms with Crippen LogP contribution >= 0.6 is 0 Å². The molecule has 1 aliphatic heterocycles. The SMILES string of the molecule is Cc1cn(C(C)C)cc1C(=O)N1CCCC(N)C1. The Hall–Kier alpha value is -1.29. The Balaban J connectivity index is 2.17. The summed E-state index contributed by atoms with van der Waals surface area (Å²) < 4.78 is 2.09. The van der Waals surface area contributed by atoms with Crippen molar-refractivity contribution in [2.24, 2.45) is 5.73 Å². The third-order valence-electron chi connectivity index (χ3n) is 3.62. The van der Waals surface area contributed by atoms with Crippen LogP contribution in [0.1, 0.15) is 48.7 Å². The predicted octanol–water partition coefficient (Wildman–Crippen LogP) is 1.94. The molecule has 1 atom stereocenters. The van der Waals surface area contributed by atoms with E-state index in [4.69, 9.17) is 5.73 Å². The van der Waals surface area contributed by atoms with Gasteiger partial charge in [0.1, 0.15) is 0 Å². The highest BCUT2D eigenvalue weighted by atomic mass is 16.2. The van der Waals surface area contributed by atoms with Gasteiger partial charge in [-0.25, -0.2) is 0 Å². The standard InChI is InChI=1S/C14H23N3O/c1-10(2)17-7-11(3)13(9-17)14(18)16-6-4-5-12(15)8-16/h7,9-10,12H,4-6,8,15H2,1-3H3. The monoisotopic (exact) mass is 249 g/mol. The van der Waals surface area contributed by atoms with E-state index >= 15 is 0 Å². The first kappa shape index (κ1) is 13.1. The molecule has 0 aromatic carbocycles. The second-order valence-electron chi connectivity index (χ2n) is 5.55. The van der Waals surface area contributed by atoms with E-state index in [9.17, 15) is 4.79 Å². The number of aryl methyl sites for hydroxylation is 1. The number of hydrogen-bond donors (Lipinski definition) is 1. The van der Waals surface area contributed by atoms with Gasteiger partial charge in [-0.3, -0.25) is 4.79 Å². The molecule has 0 saturated carbocycles. The van der Waals surface area contributed by atoms with Crippen LogP contribution in [0, 0.1) is 6.92 Å². The predicted molar refractivity (Wildman–Crippen MR) is 72.7 cm³/mol. The summed E-state index contributed by atoms with van der Waals surface area (Å²) in [6, 6.07) is 0.518. The van der Waals surface area contributed by atoms with Gasteiger partial charge >= 0.3 is 0 Å². The second kappa shape index (κ2) is 5.14. The van der Waals surface area contributed by atoms with E-state index in [1.54, 1.807) is 0 Å². The molecule has 2 heterocycles. The van der Waals surface area contributed by atoms with Crippen molar-refractivity contribution in [2.45, 2.75) is 45.7 Å². The fourth-order valence-corrected chi connectivity index (χ4v) is 2.47. The Labute approximate surface area is 109 Å². The number of carbonyl (C=O) groups is 1. The van der Waals surface area contributed by atoms with Gasteiger partial charge in [-0.05, 0) is 39.2 Å². The fraction of sp³-hybridized carbons (Fsp3) is 0.643. The first-order chi connectivity index (χ1) is 8.49. The van der Waals surface area contributed by atoms with Crippen LogP contribution in [0.4, 0.5) is 0 Å². The summed E-state index contributed by atoms with van der Waals surface area (Å²) in [5.41, 5.74) is 7.80. The van der Waals surface area contributed by atoms with Crippen LogP contribution < -0.4 is 5.73 Å². The van der Waals surface area contributed by atoms with Gasteiger partial charge in [-0.1, -0.05) is 0 Å². The first-order valence-corrected chi connectivity index (χ1v) is 6.72. The number of hydrogen-bond acceptors (Lipinski definition) is 2. The van der Waals surface area contributed by atoms with Crippen molar-refractivity contribution in [1.82, 2.24) is 9.47 Å². The minimum absolute atomic E-state index is 0.127. The first-order valence-electron chi connectivity index (χ1n) is 6.72. The second-order valence-corrected chi connectivity index (χ2v) is 5.55. The molecular weight excluding hydrogens is 226 g/mol. The van der Waals surface area contributed by atoms with Gasteiger partial charge in [0.25, 0.3) is 5.91 Å². The smallest absolute Gasteiger partial charge is 0.255 e. The van der Waals surface area contributed by atoms with E-state index in [1.807, 2.05) is 24.2 Å². The number of piperidine rings is 1. The Kier molecular flexibility index (Phi) is 3.76. The van der Waals surface area contributed by atoms with Crippen LogP contribution in [0.15, 0.2) is 12.4 Å². The number of carbonyl (C=O) groups excluding carboxylic acids is 1. The van der Waals surface area contributed by atoms with Crippen molar-refractivity contribution in [3.8, 4) is 0 Å². The normalized spacial score (nSPS) is 20.5.